The first-order chi connectivity index (χ1) is 12.5. The average Bonchev–Trinajstić information content (AvgIpc) is 2.59. The van der Waals surface area contributed by atoms with Crippen LogP contribution in [0.4, 0.5) is 4.39 Å². The zero-order chi connectivity index (χ0) is 18.9. The van der Waals surface area contributed by atoms with Crippen LogP contribution < -0.4 is 0 Å². The smallest absolute Gasteiger partial charge is 0.242 e. The highest BCUT2D eigenvalue weighted by atomic mass is 19.1. The lowest BCUT2D eigenvalue weighted by molar-refractivity contribution is -0.141. The van der Waals surface area contributed by atoms with Crippen molar-refractivity contribution in [3.8, 4) is 0 Å². The number of carbonyl (C=O) groups is 2. The van der Waals surface area contributed by atoms with Crippen molar-refractivity contribution in [2.24, 2.45) is 0 Å². The molecule has 0 atom stereocenters. The largest absolute Gasteiger partial charge is 0.336 e. The van der Waals surface area contributed by atoms with E-state index in [0.717, 1.165) is 37.8 Å². The summed E-state index contributed by atoms with van der Waals surface area (Å²) in [5.74, 6) is -0.261. The predicted octanol–water partition coefficient (Wildman–Crippen LogP) is 2.51. The Morgan fingerprint density at radius 3 is 2.46 bits per heavy atom. The van der Waals surface area contributed by atoms with Crippen molar-refractivity contribution in [3.63, 3.8) is 0 Å². The molecule has 0 N–H and O–H groups in total. The van der Waals surface area contributed by atoms with Crippen LogP contribution in [0.3, 0.4) is 0 Å². The number of carbonyl (C=O) groups excluding carboxylic acids is 2. The van der Waals surface area contributed by atoms with Gasteiger partial charge < -0.3 is 14.7 Å². The van der Waals surface area contributed by atoms with Crippen LogP contribution in [0.5, 0.6) is 0 Å². The first-order valence-corrected chi connectivity index (χ1v) is 9.40. The van der Waals surface area contributed by atoms with Crippen molar-refractivity contribution < 1.29 is 14.0 Å². The Hall–Kier alpha value is -1.95. The Morgan fingerprint density at radius 2 is 1.77 bits per heavy atom. The highest BCUT2D eigenvalue weighted by Crippen LogP contribution is 2.13. The highest BCUT2D eigenvalue weighted by Gasteiger charge is 2.22. The molecule has 144 valence electrons. The van der Waals surface area contributed by atoms with Gasteiger partial charge in [0.05, 0.1) is 6.54 Å². The summed E-state index contributed by atoms with van der Waals surface area (Å²) in [6, 6.07) is 6.22. The minimum absolute atomic E-state index is 0.0508. The van der Waals surface area contributed by atoms with Gasteiger partial charge >= 0.3 is 0 Å². The van der Waals surface area contributed by atoms with Crippen LogP contribution in [-0.4, -0.2) is 66.8 Å². The van der Waals surface area contributed by atoms with E-state index in [-0.39, 0.29) is 24.2 Å². The molecule has 1 aromatic carbocycles. The number of likely N-dealkylation sites (tertiary alicyclic amines) is 1. The third-order valence-corrected chi connectivity index (χ3v) is 4.70. The molecule has 1 aromatic rings. The van der Waals surface area contributed by atoms with Gasteiger partial charge in [-0.05, 0) is 44.6 Å². The molecule has 1 heterocycles. The van der Waals surface area contributed by atoms with Crippen LogP contribution in [0.2, 0.25) is 0 Å². The molecule has 0 saturated carbocycles. The summed E-state index contributed by atoms with van der Waals surface area (Å²) in [5.41, 5.74) is 0.887. The zero-order valence-corrected chi connectivity index (χ0v) is 15.9. The van der Waals surface area contributed by atoms with Crippen LogP contribution in [0.1, 0.15) is 37.7 Å². The maximum Gasteiger partial charge on any atom is 0.242 e. The Bertz CT molecular complexity index is 589. The number of benzene rings is 1. The van der Waals surface area contributed by atoms with E-state index in [1.807, 2.05) is 19.0 Å². The van der Waals surface area contributed by atoms with Gasteiger partial charge in [-0.3, -0.25) is 9.59 Å². The Labute approximate surface area is 155 Å². The van der Waals surface area contributed by atoms with Crippen molar-refractivity contribution >= 4 is 11.8 Å². The molecule has 1 aliphatic heterocycles. The normalized spacial score (nSPS) is 15.7. The van der Waals surface area contributed by atoms with Gasteiger partial charge in [-0.2, -0.15) is 0 Å². The Morgan fingerprint density at radius 1 is 1.08 bits per heavy atom. The van der Waals surface area contributed by atoms with Crippen LogP contribution in [0.25, 0.3) is 0 Å². The van der Waals surface area contributed by atoms with E-state index in [0.29, 0.717) is 26.1 Å². The number of hydrogen-bond acceptors (Lipinski definition) is 3. The maximum atomic E-state index is 13.1. The van der Waals surface area contributed by atoms with Gasteiger partial charge in [-0.25, -0.2) is 4.39 Å². The van der Waals surface area contributed by atoms with Crippen molar-refractivity contribution in [3.05, 3.63) is 35.6 Å². The molecule has 0 bridgehead atoms. The molecule has 0 spiro atoms. The van der Waals surface area contributed by atoms with E-state index in [4.69, 9.17) is 0 Å². The number of halogens is 1. The van der Waals surface area contributed by atoms with Crippen molar-refractivity contribution in [2.45, 2.75) is 38.6 Å². The number of likely N-dealkylation sites (N-methyl/N-ethyl adjacent to an activating group) is 1. The third-order valence-electron chi connectivity index (χ3n) is 4.70. The zero-order valence-electron chi connectivity index (χ0n) is 15.9. The standard InChI is InChI=1S/C20H30FN3O2/c1-22(2)13-14-24(15-17-8-10-18(21)11-9-17)20(26)16-23-12-6-4-3-5-7-19(23)25/h8-11H,3-7,12-16H2,1-2H3. The number of nitrogens with zero attached hydrogens (tertiary/aromatic N) is 3. The summed E-state index contributed by atoms with van der Waals surface area (Å²) in [7, 11) is 3.92. The minimum Gasteiger partial charge on any atom is -0.336 e. The van der Waals surface area contributed by atoms with Crippen LogP contribution in [0, 0.1) is 5.82 Å². The molecule has 1 saturated heterocycles. The topological polar surface area (TPSA) is 43.9 Å². The van der Waals surface area contributed by atoms with Gasteiger partial charge in [-0.15, -0.1) is 0 Å². The number of rotatable bonds is 7. The molecule has 2 amide bonds. The van der Waals surface area contributed by atoms with Gasteiger partial charge in [0.15, 0.2) is 0 Å². The van der Waals surface area contributed by atoms with E-state index in [1.165, 1.54) is 12.1 Å². The molecule has 6 heteroatoms. The van der Waals surface area contributed by atoms with E-state index >= 15 is 0 Å². The number of hydrogen-bond donors (Lipinski definition) is 0. The van der Waals surface area contributed by atoms with Gasteiger partial charge in [-0.1, -0.05) is 25.0 Å². The first kappa shape index (κ1) is 20.4. The van der Waals surface area contributed by atoms with Gasteiger partial charge in [0.1, 0.15) is 5.82 Å². The molecule has 2 rings (SSSR count). The molecular formula is C20H30FN3O2. The Kier molecular flexibility index (Phi) is 8.04. The van der Waals surface area contributed by atoms with Crippen LogP contribution in [-0.2, 0) is 16.1 Å². The molecule has 0 unspecified atom stereocenters. The van der Waals surface area contributed by atoms with Crippen molar-refractivity contribution in [1.29, 1.82) is 0 Å². The van der Waals surface area contributed by atoms with Gasteiger partial charge in [0.2, 0.25) is 11.8 Å². The minimum atomic E-state index is -0.286. The lowest BCUT2D eigenvalue weighted by Gasteiger charge is -2.29. The lowest BCUT2D eigenvalue weighted by Crippen LogP contribution is -2.45. The monoisotopic (exact) mass is 363 g/mol. The third kappa shape index (κ3) is 6.75. The van der Waals surface area contributed by atoms with Gasteiger partial charge in [0.25, 0.3) is 0 Å². The van der Waals surface area contributed by atoms with Gasteiger partial charge in [0, 0.05) is 32.6 Å². The van der Waals surface area contributed by atoms with Crippen LogP contribution in [0.15, 0.2) is 24.3 Å². The molecule has 0 radical (unpaired) electrons. The summed E-state index contributed by atoms with van der Waals surface area (Å²) < 4.78 is 13.1. The second kappa shape index (κ2) is 10.3. The van der Waals surface area contributed by atoms with E-state index in [2.05, 4.69) is 0 Å². The SMILES string of the molecule is CN(C)CCN(Cc1ccc(F)cc1)C(=O)CN1CCCCCCC1=O. The molecule has 1 aliphatic rings. The molecule has 0 aliphatic carbocycles. The summed E-state index contributed by atoms with van der Waals surface area (Å²) >= 11 is 0. The van der Waals surface area contributed by atoms with Crippen molar-refractivity contribution in [1.82, 2.24) is 14.7 Å². The van der Waals surface area contributed by atoms with Crippen LogP contribution >= 0.6 is 0 Å². The maximum absolute atomic E-state index is 13.1. The predicted molar refractivity (Wildman–Crippen MR) is 100 cm³/mol. The molecule has 26 heavy (non-hydrogen) atoms. The molecular weight excluding hydrogens is 333 g/mol. The second-order valence-corrected chi connectivity index (χ2v) is 7.22. The van der Waals surface area contributed by atoms with E-state index < -0.39 is 0 Å². The van der Waals surface area contributed by atoms with Crippen molar-refractivity contribution in [2.75, 3.05) is 40.3 Å². The fourth-order valence-corrected chi connectivity index (χ4v) is 3.07. The molecule has 0 aromatic heterocycles. The molecule has 1 fully saturated rings. The highest BCUT2D eigenvalue weighted by molar-refractivity contribution is 5.84. The number of amides is 2. The summed E-state index contributed by atoms with van der Waals surface area (Å²) in [4.78, 5) is 30.7. The summed E-state index contributed by atoms with van der Waals surface area (Å²) in [5, 5.41) is 0. The lowest BCUT2D eigenvalue weighted by atomic mass is 10.1. The first-order valence-electron chi connectivity index (χ1n) is 9.40. The average molecular weight is 363 g/mol. The quantitative estimate of drug-likeness (QED) is 0.748. The summed E-state index contributed by atoms with van der Waals surface area (Å²) in [6.07, 6.45) is 4.59. The fraction of sp³-hybridized carbons (Fsp3) is 0.600. The van der Waals surface area contributed by atoms with E-state index in [9.17, 15) is 14.0 Å². The Balaban J connectivity index is 2.03. The van der Waals surface area contributed by atoms with E-state index in [1.54, 1.807) is 21.9 Å². The fourth-order valence-electron chi connectivity index (χ4n) is 3.07. The molecule has 5 nitrogen and oxygen atoms in total. The summed E-state index contributed by atoms with van der Waals surface area (Å²) in [6.45, 7) is 2.53. The second-order valence-electron chi connectivity index (χ2n) is 7.22.